The number of nitrogens with zero attached hydrogens (tertiary/aromatic N) is 1. The molecule has 1 aromatic carbocycles. The maximum absolute atomic E-state index is 12.6. The van der Waals surface area contributed by atoms with Gasteiger partial charge in [0.25, 0.3) is 5.91 Å². The van der Waals surface area contributed by atoms with Crippen LogP contribution in [0.4, 0.5) is 0 Å². The van der Waals surface area contributed by atoms with Gasteiger partial charge in [-0.2, -0.15) is 0 Å². The third-order valence-corrected chi connectivity index (χ3v) is 4.73. The minimum Gasteiger partial charge on any atom is -0.497 e. The molecule has 1 aliphatic carbocycles. The zero-order valence-corrected chi connectivity index (χ0v) is 15.4. The molecule has 0 N–H and O–H groups in total. The lowest BCUT2D eigenvalue weighted by molar-refractivity contribution is -0.141. The third kappa shape index (κ3) is 4.65. The largest absolute Gasteiger partial charge is 0.497 e. The Morgan fingerprint density at radius 3 is 2.40 bits per heavy atom. The summed E-state index contributed by atoms with van der Waals surface area (Å²) in [6, 6.07) is 5.11. The van der Waals surface area contributed by atoms with E-state index in [1.54, 1.807) is 37.1 Å². The summed E-state index contributed by atoms with van der Waals surface area (Å²) in [4.78, 5) is 26.8. The van der Waals surface area contributed by atoms with Crippen molar-refractivity contribution in [3.05, 3.63) is 23.8 Å². The number of esters is 1. The zero-order valence-electron chi connectivity index (χ0n) is 15.4. The molecule has 0 bridgehead atoms. The molecule has 6 nitrogen and oxygen atoms in total. The minimum absolute atomic E-state index is 0.179. The first kappa shape index (κ1) is 19.1. The van der Waals surface area contributed by atoms with Crippen molar-refractivity contribution in [2.45, 2.75) is 51.2 Å². The second kappa shape index (κ2) is 8.74. The summed E-state index contributed by atoms with van der Waals surface area (Å²) < 4.78 is 15.7. The maximum Gasteiger partial charge on any atom is 0.342 e. The highest BCUT2D eigenvalue weighted by atomic mass is 16.5. The molecule has 1 atom stereocenters. The summed E-state index contributed by atoms with van der Waals surface area (Å²) in [5.41, 5.74) is 0.238. The summed E-state index contributed by atoms with van der Waals surface area (Å²) in [7, 11) is 4.78. The van der Waals surface area contributed by atoms with Crippen LogP contribution >= 0.6 is 0 Å². The monoisotopic (exact) mass is 349 g/mol. The average molecular weight is 349 g/mol. The van der Waals surface area contributed by atoms with Crippen LogP contribution in [0, 0.1) is 0 Å². The first-order valence-corrected chi connectivity index (χ1v) is 8.67. The van der Waals surface area contributed by atoms with Crippen LogP contribution < -0.4 is 9.47 Å². The van der Waals surface area contributed by atoms with Crippen LogP contribution in [0.5, 0.6) is 11.5 Å². The van der Waals surface area contributed by atoms with Gasteiger partial charge >= 0.3 is 5.97 Å². The summed E-state index contributed by atoms with van der Waals surface area (Å²) in [5, 5.41) is 0. The summed E-state index contributed by atoms with van der Waals surface area (Å²) in [6.45, 7) is 1.60. The average Bonchev–Trinajstić information content (AvgIpc) is 2.66. The highest BCUT2D eigenvalue weighted by Gasteiger charge is 2.28. The van der Waals surface area contributed by atoms with Crippen LogP contribution in [0.2, 0.25) is 0 Å². The van der Waals surface area contributed by atoms with Crippen LogP contribution in [0.15, 0.2) is 18.2 Å². The molecule has 0 saturated heterocycles. The molecule has 0 spiro atoms. The molecule has 0 radical (unpaired) electrons. The van der Waals surface area contributed by atoms with Gasteiger partial charge in [-0.1, -0.05) is 19.3 Å². The molecule has 0 aliphatic heterocycles. The van der Waals surface area contributed by atoms with Gasteiger partial charge in [0.2, 0.25) is 0 Å². The second-order valence-corrected chi connectivity index (χ2v) is 6.35. The fourth-order valence-electron chi connectivity index (χ4n) is 3.18. The number of benzene rings is 1. The first-order valence-electron chi connectivity index (χ1n) is 8.67. The zero-order chi connectivity index (χ0) is 18.4. The summed E-state index contributed by atoms with van der Waals surface area (Å²) >= 11 is 0. The molecule has 1 aromatic rings. The molecule has 2 rings (SSSR count). The number of amides is 1. The van der Waals surface area contributed by atoms with Gasteiger partial charge in [0, 0.05) is 13.1 Å². The van der Waals surface area contributed by atoms with Crippen LogP contribution in [0.1, 0.15) is 49.4 Å². The van der Waals surface area contributed by atoms with Crippen LogP contribution in [0.3, 0.4) is 0 Å². The van der Waals surface area contributed by atoms with Crippen molar-refractivity contribution in [2.24, 2.45) is 0 Å². The van der Waals surface area contributed by atoms with Crippen molar-refractivity contribution in [1.82, 2.24) is 4.90 Å². The Kier molecular flexibility index (Phi) is 6.67. The number of ether oxygens (including phenoxy) is 3. The number of methoxy groups -OCH3 is 2. The lowest BCUT2D eigenvalue weighted by Gasteiger charge is -2.32. The summed E-state index contributed by atoms with van der Waals surface area (Å²) in [6.07, 6.45) is 4.66. The van der Waals surface area contributed by atoms with E-state index in [2.05, 4.69) is 0 Å². The van der Waals surface area contributed by atoms with Gasteiger partial charge in [-0.25, -0.2) is 4.79 Å². The number of carbonyl (C=O) groups is 2. The number of rotatable bonds is 6. The molecule has 6 heteroatoms. The van der Waals surface area contributed by atoms with E-state index in [9.17, 15) is 9.59 Å². The van der Waals surface area contributed by atoms with Crippen molar-refractivity contribution < 1.29 is 23.8 Å². The molecule has 1 aliphatic rings. The van der Waals surface area contributed by atoms with Gasteiger partial charge in [0.1, 0.15) is 17.1 Å². The van der Waals surface area contributed by atoms with E-state index in [0.29, 0.717) is 11.5 Å². The van der Waals surface area contributed by atoms with Crippen molar-refractivity contribution in [1.29, 1.82) is 0 Å². The van der Waals surface area contributed by atoms with Crippen molar-refractivity contribution >= 4 is 11.9 Å². The SMILES string of the molecule is COc1ccc(OC)c(C(=O)O[C@H](C)C(=O)N(C)C2CCCCC2)c1. The van der Waals surface area contributed by atoms with Crippen LogP contribution in [-0.4, -0.2) is 50.2 Å². The Balaban J connectivity index is 2.05. The van der Waals surface area contributed by atoms with E-state index in [-0.39, 0.29) is 17.5 Å². The molecule has 1 saturated carbocycles. The van der Waals surface area contributed by atoms with Gasteiger partial charge < -0.3 is 19.1 Å². The highest BCUT2D eigenvalue weighted by molar-refractivity contribution is 5.95. The number of hydrogen-bond donors (Lipinski definition) is 0. The number of hydrogen-bond acceptors (Lipinski definition) is 5. The second-order valence-electron chi connectivity index (χ2n) is 6.35. The number of carbonyl (C=O) groups excluding carboxylic acids is 2. The molecule has 0 heterocycles. The molecule has 1 fully saturated rings. The molecule has 138 valence electrons. The van der Waals surface area contributed by atoms with E-state index in [1.165, 1.54) is 20.6 Å². The highest BCUT2D eigenvalue weighted by Crippen LogP contribution is 2.26. The Morgan fingerprint density at radius 2 is 1.80 bits per heavy atom. The molecular formula is C19H27NO5. The minimum atomic E-state index is -0.852. The van der Waals surface area contributed by atoms with Gasteiger partial charge in [-0.05, 0) is 38.0 Å². The predicted molar refractivity (Wildman–Crippen MR) is 94.1 cm³/mol. The lowest BCUT2D eigenvalue weighted by Crippen LogP contribution is -2.44. The topological polar surface area (TPSA) is 65.1 Å². The fraction of sp³-hybridized carbons (Fsp3) is 0.579. The van der Waals surface area contributed by atoms with Crippen molar-refractivity contribution in [2.75, 3.05) is 21.3 Å². The summed E-state index contributed by atoms with van der Waals surface area (Å²) in [5.74, 6) is 0.118. The molecule has 0 unspecified atom stereocenters. The predicted octanol–water partition coefficient (Wildman–Crippen LogP) is 3.04. The van der Waals surface area contributed by atoms with Gasteiger partial charge in [-0.15, -0.1) is 0 Å². The molecule has 0 aromatic heterocycles. The number of likely N-dealkylation sites (N-methyl/N-ethyl adjacent to an activating group) is 1. The molecule has 1 amide bonds. The molecular weight excluding hydrogens is 322 g/mol. The fourth-order valence-corrected chi connectivity index (χ4v) is 3.18. The van der Waals surface area contributed by atoms with Gasteiger partial charge in [-0.3, -0.25) is 4.79 Å². The van der Waals surface area contributed by atoms with Gasteiger partial charge in [0.15, 0.2) is 6.10 Å². The van der Waals surface area contributed by atoms with E-state index < -0.39 is 12.1 Å². The lowest BCUT2D eigenvalue weighted by atomic mass is 9.94. The quantitative estimate of drug-likeness (QED) is 0.739. The molecule has 25 heavy (non-hydrogen) atoms. The standard InChI is InChI=1S/C19H27NO5/c1-13(18(21)20(2)14-8-6-5-7-9-14)25-19(22)16-12-15(23-3)10-11-17(16)24-4/h10-14H,5-9H2,1-4H3/t13-/m1/s1. The van der Waals surface area contributed by atoms with E-state index in [1.807, 2.05) is 0 Å². The van der Waals surface area contributed by atoms with E-state index in [4.69, 9.17) is 14.2 Å². The van der Waals surface area contributed by atoms with Crippen molar-refractivity contribution in [3.63, 3.8) is 0 Å². The normalized spacial score (nSPS) is 16.0. The first-order chi connectivity index (χ1) is 12.0. The van der Waals surface area contributed by atoms with Crippen LogP contribution in [-0.2, 0) is 9.53 Å². The Labute approximate surface area is 149 Å². The van der Waals surface area contributed by atoms with Crippen molar-refractivity contribution in [3.8, 4) is 11.5 Å². The van der Waals surface area contributed by atoms with Crippen LogP contribution in [0.25, 0.3) is 0 Å². The Morgan fingerprint density at radius 1 is 1.12 bits per heavy atom. The van der Waals surface area contributed by atoms with E-state index in [0.717, 1.165) is 25.7 Å². The Bertz CT molecular complexity index is 610. The maximum atomic E-state index is 12.6. The smallest absolute Gasteiger partial charge is 0.342 e. The third-order valence-electron chi connectivity index (χ3n) is 4.73. The Hall–Kier alpha value is -2.24. The van der Waals surface area contributed by atoms with Gasteiger partial charge in [0.05, 0.1) is 14.2 Å². The van der Waals surface area contributed by atoms with E-state index >= 15 is 0 Å².